The van der Waals surface area contributed by atoms with Crippen molar-refractivity contribution in [2.75, 3.05) is 6.54 Å². The zero-order chi connectivity index (χ0) is 16.7. The first kappa shape index (κ1) is 15.8. The number of hydrogen-bond donors (Lipinski definition) is 0. The van der Waals surface area contributed by atoms with Gasteiger partial charge in [0.25, 0.3) is 5.91 Å². The van der Waals surface area contributed by atoms with Gasteiger partial charge in [0.15, 0.2) is 0 Å². The molecule has 1 aromatic rings. The molecule has 0 N–H and O–H groups in total. The van der Waals surface area contributed by atoms with E-state index >= 15 is 0 Å². The van der Waals surface area contributed by atoms with Gasteiger partial charge in [0.05, 0.1) is 0 Å². The predicted molar refractivity (Wildman–Crippen MR) is 90.7 cm³/mol. The van der Waals surface area contributed by atoms with Crippen LogP contribution in [0.5, 0.6) is 0 Å². The monoisotopic (exact) mass is 312 g/mol. The van der Waals surface area contributed by atoms with Gasteiger partial charge in [0.1, 0.15) is 6.54 Å². The van der Waals surface area contributed by atoms with Gasteiger partial charge in [0.2, 0.25) is 5.91 Å². The van der Waals surface area contributed by atoms with Crippen LogP contribution in [0.25, 0.3) is 5.70 Å². The van der Waals surface area contributed by atoms with E-state index in [1.165, 1.54) is 4.90 Å². The van der Waals surface area contributed by atoms with Crippen molar-refractivity contribution < 1.29 is 9.59 Å². The molecule has 0 unspecified atom stereocenters. The Morgan fingerprint density at radius 3 is 2.39 bits per heavy atom. The molecule has 2 amide bonds. The summed E-state index contributed by atoms with van der Waals surface area (Å²) in [7, 11) is 0. The summed E-state index contributed by atoms with van der Waals surface area (Å²) in [4.78, 5) is 28.9. The fraction of sp³-hybridized carbons (Fsp3) is 0.474. The summed E-state index contributed by atoms with van der Waals surface area (Å²) in [5.74, 6) is 0.303. The summed E-state index contributed by atoms with van der Waals surface area (Å²) in [6.07, 6.45) is 2.13. The molecule has 1 aromatic carbocycles. The molecule has 4 nitrogen and oxygen atoms in total. The quantitative estimate of drug-likeness (QED) is 0.838. The van der Waals surface area contributed by atoms with Crippen LogP contribution in [0.4, 0.5) is 0 Å². The van der Waals surface area contributed by atoms with Crippen LogP contribution >= 0.6 is 0 Å². The van der Waals surface area contributed by atoms with Crippen molar-refractivity contribution in [2.45, 2.75) is 45.7 Å². The van der Waals surface area contributed by atoms with Gasteiger partial charge in [-0.25, -0.2) is 0 Å². The van der Waals surface area contributed by atoms with E-state index in [-0.39, 0.29) is 24.4 Å². The Morgan fingerprint density at radius 2 is 1.87 bits per heavy atom. The van der Waals surface area contributed by atoms with Gasteiger partial charge in [0, 0.05) is 28.9 Å². The van der Waals surface area contributed by atoms with Crippen LogP contribution < -0.4 is 0 Å². The predicted octanol–water partition coefficient (Wildman–Crippen LogP) is 3.15. The van der Waals surface area contributed by atoms with Crippen LogP contribution in [0.3, 0.4) is 0 Å². The van der Waals surface area contributed by atoms with E-state index in [1.54, 1.807) is 6.07 Å². The molecule has 1 heterocycles. The van der Waals surface area contributed by atoms with E-state index in [0.717, 1.165) is 18.4 Å². The molecule has 23 heavy (non-hydrogen) atoms. The zero-order valence-electron chi connectivity index (χ0n) is 14.1. The molecule has 0 radical (unpaired) electrons. The Kier molecular flexibility index (Phi) is 4.00. The maximum absolute atomic E-state index is 12.9. The molecule has 0 aromatic heterocycles. The highest BCUT2D eigenvalue weighted by Crippen LogP contribution is 2.34. The van der Waals surface area contributed by atoms with Gasteiger partial charge < -0.3 is 4.90 Å². The third kappa shape index (κ3) is 2.78. The molecule has 1 atom stereocenters. The fourth-order valence-corrected chi connectivity index (χ4v) is 3.16. The second-order valence-electron chi connectivity index (χ2n) is 6.90. The molecule has 122 valence electrons. The first-order chi connectivity index (χ1) is 10.9. The minimum absolute atomic E-state index is 0.0241. The molecule has 1 aliphatic heterocycles. The standard InChI is InChI=1S/C19H24N2O2/c1-12(2)13(3)21(15-9-10-15)18(22)11-20-14(4)16-7-5-6-8-17(16)19(20)23/h5-8,12-13,15H,4,9-11H2,1-3H3/t13-/m0/s1. The van der Waals surface area contributed by atoms with Crippen molar-refractivity contribution in [3.63, 3.8) is 0 Å². The molecule has 0 bridgehead atoms. The maximum atomic E-state index is 12.9. The zero-order valence-corrected chi connectivity index (χ0v) is 14.1. The number of nitrogens with zero attached hydrogens (tertiary/aromatic N) is 2. The molecule has 4 heteroatoms. The summed E-state index contributed by atoms with van der Waals surface area (Å²) in [6, 6.07) is 7.93. The van der Waals surface area contributed by atoms with Gasteiger partial charge in [-0.1, -0.05) is 38.6 Å². The molecule has 1 aliphatic carbocycles. The van der Waals surface area contributed by atoms with Gasteiger partial charge in [-0.05, 0) is 31.7 Å². The topological polar surface area (TPSA) is 40.6 Å². The SMILES string of the molecule is C=C1c2ccccc2C(=O)N1CC(=O)N(C1CC1)[C@@H](C)C(C)C. The lowest BCUT2D eigenvalue weighted by Crippen LogP contribution is -2.47. The van der Waals surface area contributed by atoms with E-state index in [2.05, 4.69) is 27.4 Å². The average molecular weight is 312 g/mol. The summed E-state index contributed by atoms with van der Waals surface area (Å²) in [5, 5.41) is 0. The molecule has 1 saturated carbocycles. The molecule has 0 saturated heterocycles. The third-order valence-electron chi connectivity index (χ3n) is 4.96. The Balaban J connectivity index is 1.78. The third-order valence-corrected chi connectivity index (χ3v) is 4.96. The Morgan fingerprint density at radius 1 is 1.26 bits per heavy atom. The van der Waals surface area contributed by atoms with Gasteiger partial charge in [-0.2, -0.15) is 0 Å². The number of hydrogen-bond acceptors (Lipinski definition) is 2. The molecular weight excluding hydrogens is 288 g/mol. The highest BCUT2D eigenvalue weighted by molar-refractivity contribution is 6.10. The highest BCUT2D eigenvalue weighted by Gasteiger charge is 2.39. The Hall–Kier alpha value is -2.10. The number of carbonyl (C=O) groups excluding carboxylic acids is 2. The van der Waals surface area contributed by atoms with Crippen molar-refractivity contribution in [1.29, 1.82) is 0 Å². The van der Waals surface area contributed by atoms with E-state index in [1.807, 2.05) is 23.1 Å². The summed E-state index contributed by atoms with van der Waals surface area (Å²) in [5.41, 5.74) is 2.10. The molecule has 0 spiro atoms. The molecule has 3 rings (SSSR count). The number of amides is 2. The van der Waals surface area contributed by atoms with Gasteiger partial charge in [-0.15, -0.1) is 0 Å². The fourth-order valence-electron chi connectivity index (χ4n) is 3.16. The summed E-state index contributed by atoms with van der Waals surface area (Å²) >= 11 is 0. The molecular formula is C19H24N2O2. The van der Waals surface area contributed by atoms with Crippen molar-refractivity contribution in [2.24, 2.45) is 5.92 Å². The molecule has 1 fully saturated rings. The summed E-state index contributed by atoms with van der Waals surface area (Å²) in [6.45, 7) is 10.4. The van der Waals surface area contributed by atoms with Gasteiger partial charge in [-0.3, -0.25) is 14.5 Å². The van der Waals surface area contributed by atoms with Crippen molar-refractivity contribution in [3.8, 4) is 0 Å². The van der Waals surface area contributed by atoms with Crippen molar-refractivity contribution in [3.05, 3.63) is 42.0 Å². The number of carbonyl (C=O) groups is 2. The van der Waals surface area contributed by atoms with Crippen LogP contribution in [-0.4, -0.2) is 40.2 Å². The van der Waals surface area contributed by atoms with Crippen LogP contribution in [-0.2, 0) is 4.79 Å². The number of benzene rings is 1. The lowest BCUT2D eigenvalue weighted by Gasteiger charge is -2.33. The second kappa shape index (κ2) is 5.84. The first-order valence-electron chi connectivity index (χ1n) is 8.33. The van der Waals surface area contributed by atoms with Crippen LogP contribution in [0.1, 0.15) is 49.5 Å². The smallest absolute Gasteiger partial charge is 0.259 e. The number of fused-ring (bicyclic) bond motifs is 1. The van der Waals surface area contributed by atoms with Crippen molar-refractivity contribution in [1.82, 2.24) is 9.80 Å². The van der Waals surface area contributed by atoms with Crippen molar-refractivity contribution >= 4 is 17.5 Å². The van der Waals surface area contributed by atoms with E-state index in [4.69, 9.17) is 0 Å². The average Bonchev–Trinajstić information content (AvgIpc) is 3.32. The normalized spacial score (nSPS) is 18.3. The highest BCUT2D eigenvalue weighted by atomic mass is 16.2. The Labute approximate surface area is 137 Å². The van der Waals surface area contributed by atoms with Crippen LogP contribution in [0, 0.1) is 5.92 Å². The van der Waals surface area contributed by atoms with Gasteiger partial charge >= 0.3 is 0 Å². The lowest BCUT2D eigenvalue weighted by atomic mass is 10.0. The minimum Gasteiger partial charge on any atom is -0.335 e. The van der Waals surface area contributed by atoms with E-state index in [0.29, 0.717) is 23.2 Å². The largest absolute Gasteiger partial charge is 0.335 e. The van der Waals surface area contributed by atoms with Crippen LogP contribution in [0.15, 0.2) is 30.8 Å². The van der Waals surface area contributed by atoms with E-state index < -0.39 is 0 Å². The van der Waals surface area contributed by atoms with Crippen LogP contribution in [0.2, 0.25) is 0 Å². The summed E-state index contributed by atoms with van der Waals surface area (Å²) < 4.78 is 0. The lowest BCUT2D eigenvalue weighted by molar-refractivity contribution is -0.134. The second-order valence-corrected chi connectivity index (χ2v) is 6.90. The first-order valence-corrected chi connectivity index (χ1v) is 8.33. The Bertz CT molecular complexity index is 626. The minimum atomic E-state index is -0.119. The molecule has 2 aliphatic rings. The number of rotatable bonds is 5. The van der Waals surface area contributed by atoms with E-state index in [9.17, 15) is 9.59 Å². The maximum Gasteiger partial charge on any atom is 0.259 e.